The van der Waals surface area contributed by atoms with E-state index in [4.69, 9.17) is 27.9 Å². The lowest BCUT2D eigenvalue weighted by Gasteiger charge is -2.51. The average Bonchev–Trinajstić information content (AvgIpc) is 2.99. The van der Waals surface area contributed by atoms with Crippen LogP contribution in [0.1, 0.15) is 24.2 Å². The third kappa shape index (κ3) is 6.91. The molecule has 1 fully saturated rings. The molecule has 3 atom stereocenters. The fraction of sp³-hybridized carbons (Fsp3) is 0.219. The molecule has 0 aromatic heterocycles. The van der Waals surface area contributed by atoms with Gasteiger partial charge in [-0.05, 0) is 41.6 Å². The molecule has 222 valence electrons. The smallest absolute Gasteiger partial charge is 0.356 e. The number of esters is 1. The van der Waals surface area contributed by atoms with Crippen LogP contribution in [-0.2, 0) is 19.1 Å². The molecule has 2 amide bonds. The first-order valence-corrected chi connectivity index (χ1v) is 16.0. The minimum Gasteiger partial charge on any atom is -0.448 e. The predicted octanol–water partition coefficient (Wildman–Crippen LogP) is 6.49. The fourth-order valence-corrected chi connectivity index (χ4v) is 7.98. The van der Waals surface area contributed by atoms with Crippen molar-refractivity contribution in [3.05, 3.63) is 124 Å². The van der Waals surface area contributed by atoms with Gasteiger partial charge in [-0.2, -0.15) is 0 Å². The van der Waals surface area contributed by atoms with Gasteiger partial charge < -0.3 is 15.0 Å². The summed E-state index contributed by atoms with van der Waals surface area (Å²) in [5, 5.41) is 2.18. The quantitative estimate of drug-likeness (QED) is 0.209. The summed E-state index contributed by atoms with van der Waals surface area (Å²) in [5.41, 5.74) is 2.15. The summed E-state index contributed by atoms with van der Waals surface area (Å²) in [4.78, 5) is 44.4. The molecule has 0 bridgehead atoms. The first-order chi connectivity index (χ1) is 20.6. The Morgan fingerprint density at radius 3 is 2.19 bits per heavy atom. The topological polar surface area (TPSA) is 79.0 Å². The van der Waals surface area contributed by atoms with Gasteiger partial charge in [0, 0.05) is 31.5 Å². The molecule has 7 nitrogen and oxygen atoms in total. The molecule has 43 heavy (non-hydrogen) atoms. The van der Waals surface area contributed by atoms with Crippen molar-refractivity contribution in [2.45, 2.75) is 33.9 Å². The zero-order chi connectivity index (χ0) is 30.7. The molecular weight excluding hydrogens is 625 g/mol. The highest BCUT2D eigenvalue weighted by atomic mass is 35.5. The number of thioether (sulfide) groups is 2. The van der Waals surface area contributed by atoms with Crippen molar-refractivity contribution in [2.24, 2.45) is 0 Å². The van der Waals surface area contributed by atoms with E-state index in [1.165, 1.54) is 35.3 Å². The molecule has 0 aliphatic carbocycles. The van der Waals surface area contributed by atoms with E-state index < -0.39 is 28.1 Å². The Bertz CT molecular complexity index is 1540. The zero-order valence-electron chi connectivity index (χ0n) is 23.6. The highest BCUT2D eigenvalue weighted by Gasteiger charge is 2.56. The molecule has 3 unspecified atom stereocenters. The maximum atomic E-state index is 14.2. The van der Waals surface area contributed by atoms with E-state index in [0.29, 0.717) is 15.6 Å². The van der Waals surface area contributed by atoms with Crippen LogP contribution >= 0.6 is 46.7 Å². The van der Waals surface area contributed by atoms with E-state index in [9.17, 15) is 14.4 Å². The number of benzene rings is 3. The second-order valence-corrected chi connectivity index (χ2v) is 13.4. The number of carbonyl (C=O) groups excluding carboxylic acids is 3. The number of nitrogens with one attached hydrogen (secondary N) is 1. The van der Waals surface area contributed by atoms with Crippen molar-refractivity contribution in [1.29, 1.82) is 0 Å². The normalized spacial score (nSPS) is 19.7. The molecule has 0 spiro atoms. The van der Waals surface area contributed by atoms with E-state index in [1.807, 2.05) is 79.7 Å². The van der Waals surface area contributed by atoms with Crippen LogP contribution < -0.4 is 5.32 Å². The monoisotopic (exact) mass is 653 g/mol. The van der Waals surface area contributed by atoms with Crippen LogP contribution in [0.5, 0.6) is 0 Å². The number of ether oxygens (including phenoxy) is 1. The Balaban J connectivity index is 1.55. The molecule has 1 N–H and O–H groups in total. The predicted molar refractivity (Wildman–Crippen MR) is 173 cm³/mol. The first-order valence-electron chi connectivity index (χ1n) is 13.4. The Morgan fingerprint density at radius 1 is 1.00 bits per heavy atom. The Labute approximate surface area is 269 Å². The van der Waals surface area contributed by atoms with Gasteiger partial charge >= 0.3 is 5.97 Å². The second kappa shape index (κ2) is 13.5. The molecule has 0 radical (unpaired) electrons. The Morgan fingerprint density at radius 2 is 1.63 bits per heavy atom. The summed E-state index contributed by atoms with van der Waals surface area (Å²) in [6, 6.07) is 24.1. The lowest BCUT2D eigenvalue weighted by Crippen LogP contribution is -2.65. The second-order valence-electron chi connectivity index (χ2n) is 10.1. The third-order valence-electron chi connectivity index (χ3n) is 6.73. The van der Waals surface area contributed by atoms with Crippen molar-refractivity contribution in [2.75, 3.05) is 14.1 Å². The largest absolute Gasteiger partial charge is 0.448 e. The van der Waals surface area contributed by atoms with Gasteiger partial charge in [0.15, 0.2) is 6.10 Å². The third-order valence-corrected chi connectivity index (χ3v) is 10.3. The van der Waals surface area contributed by atoms with Gasteiger partial charge in [0.2, 0.25) is 11.8 Å². The number of rotatable bonds is 9. The van der Waals surface area contributed by atoms with Crippen LogP contribution in [0.25, 0.3) is 0 Å². The fourth-order valence-electron chi connectivity index (χ4n) is 4.74. The van der Waals surface area contributed by atoms with E-state index in [1.54, 1.807) is 30.5 Å². The number of hydrogen-bond acceptors (Lipinski definition) is 7. The maximum absolute atomic E-state index is 14.2. The zero-order valence-corrected chi connectivity index (χ0v) is 26.7. The van der Waals surface area contributed by atoms with Crippen molar-refractivity contribution >= 4 is 64.5 Å². The molecule has 1 saturated heterocycles. The SMILES string of the molecule is CC(=O)NC1SC2C(Sc3ccc(Cl)c(Cl)c3)C(=O)N2C(C(=O)OC(c2ccccc2)c2ccccc2)=C1C=CN(C)C. The van der Waals surface area contributed by atoms with E-state index in [-0.39, 0.29) is 17.5 Å². The van der Waals surface area contributed by atoms with Crippen molar-refractivity contribution in [1.82, 2.24) is 15.1 Å². The number of β-lactam (4-membered cyclic amide) rings is 1. The lowest BCUT2D eigenvalue weighted by atomic mass is 10.0. The minimum absolute atomic E-state index is 0.105. The van der Waals surface area contributed by atoms with Gasteiger partial charge in [0.05, 0.1) is 10.0 Å². The van der Waals surface area contributed by atoms with Gasteiger partial charge in [0.1, 0.15) is 21.7 Å². The summed E-state index contributed by atoms with van der Waals surface area (Å²) < 4.78 is 6.24. The van der Waals surface area contributed by atoms with E-state index in [0.717, 1.165) is 16.0 Å². The van der Waals surface area contributed by atoms with E-state index >= 15 is 0 Å². The summed E-state index contributed by atoms with van der Waals surface area (Å²) in [7, 11) is 3.70. The van der Waals surface area contributed by atoms with E-state index in [2.05, 4.69) is 5.32 Å². The average molecular weight is 655 g/mol. The standard InChI is InChI=1S/C32H29Cl2N3O4S2/c1-19(38)35-29-23(16-17-36(2)3)26(32(40)41-27(20-10-6-4-7-11-20)21-12-8-5-9-13-21)37-30(39)28(31(37)43-29)42-22-14-15-24(33)25(34)18-22/h4-18,27-29,31H,1-3H3,(H,35,38). The number of hydrogen-bond donors (Lipinski definition) is 1. The molecule has 0 saturated carbocycles. The molecule has 3 aromatic carbocycles. The molecule has 2 aliphatic rings. The summed E-state index contributed by atoms with van der Waals surface area (Å²) >= 11 is 15.1. The van der Waals surface area contributed by atoms with Crippen molar-refractivity contribution in [3.8, 4) is 0 Å². The van der Waals surface area contributed by atoms with Gasteiger partial charge in [0.25, 0.3) is 0 Å². The molecule has 2 aliphatic heterocycles. The molecule has 3 aromatic rings. The van der Waals surface area contributed by atoms with Crippen molar-refractivity contribution in [3.63, 3.8) is 0 Å². The number of halogens is 2. The Hall–Kier alpha value is -3.37. The van der Waals surface area contributed by atoms with Crippen molar-refractivity contribution < 1.29 is 19.1 Å². The van der Waals surface area contributed by atoms with Crippen LogP contribution in [0.2, 0.25) is 10.0 Å². The molecule has 11 heteroatoms. The summed E-state index contributed by atoms with van der Waals surface area (Å²) in [6.45, 7) is 1.42. The number of nitrogens with zero attached hydrogens (tertiary/aromatic N) is 2. The minimum atomic E-state index is -0.716. The van der Waals surface area contributed by atoms with Crippen LogP contribution in [0.4, 0.5) is 0 Å². The van der Waals surface area contributed by atoms with Gasteiger partial charge in [-0.1, -0.05) is 83.9 Å². The molecular formula is C32H29Cl2N3O4S2. The van der Waals surface area contributed by atoms with Gasteiger partial charge in [-0.3, -0.25) is 14.5 Å². The first kappa shape index (κ1) is 31.1. The highest BCUT2D eigenvalue weighted by Crippen LogP contribution is 2.50. The maximum Gasteiger partial charge on any atom is 0.356 e. The summed E-state index contributed by atoms with van der Waals surface area (Å²) in [6.07, 6.45) is 2.80. The molecule has 5 rings (SSSR count). The van der Waals surface area contributed by atoms with Crippen LogP contribution in [0, 0.1) is 0 Å². The summed E-state index contributed by atoms with van der Waals surface area (Å²) in [5.74, 6) is -1.17. The highest BCUT2D eigenvalue weighted by molar-refractivity contribution is 8.05. The molecule has 2 heterocycles. The van der Waals surface area contributed by atoms with Crippen LogP contribution in [0.15, 0.2) is 107 Å². The van der Waals surface area contributed by atoms with Gasteiger partial charge in [-0.15, -0.1) is 23.5 Å². The lowest BCUT2D eigenvalue weighted by molar-refractivity contribution is -0.151. The van der Waals surface area contributed by atoms with Gasteiger partial charge in [-0.25, -0.2) is 4.79 Å². The Kier molecular flexibility index (Phi) is 9.76. The number of amides is 2. The van der Waals surface area contributed by atoms with Crippen LogP contribution in [0.3, 0.4) is 0 Å². The van der Waals surface area contributed by atoms with Crippen LogP contribution in [-0.4, -0.2) is 57.7 Å². The number of fused-ring (bicyclic) bond motifs is 1. The number of carbonyl (C=O) groups is 3.